The molecule has 0 radical (unpaired) electrons. The molecule has 0 N–H and O–H groups in total. The third-order valence-electron chi connectivity index (χ3n) is 9.43. The fraction of sp³-hybridized carbons (Fsp3) is 0.844. The molecule has 0 unspecified atom stereocenters. The van der Waals surface area contributed by atoms with Crippen LogP contribution in [-0.2, 0) is 28.6 Å². The summed E-state index contributed by atoms with van der Waals surface area (Å²) in [6, 6.07) is 0. The van der Waals surface area contributed by atoms with Crippen LogP contribution >= 0.6 is 0 Å². The topological polar surface area (TPSA) is 82.1 Å². The van der Waals surface area contributed by atoms with E-state index in [0.29, 0.717) is 19.3 Å². The normalized spacial score (nSPS) is 11.7. The second-order valence-corrected chi connectivity index (χ2v) is 15.1. The Kier molecular flexibility index (Phi) is 38.4. The van der Waals surface area contributed by atoms with Crippen LogP contribution in [0.25, 0.3) is 0 Å². The van der Waals surface area contributed by atoms with Gasteiger partial charge in [-0.05, 0) is 91.3 Å². The van der Waals surface area contributed by atoms with Gasteiger partial charge in [0.05, 0.1) is 0 Å². The smallest absolute Gasteiger partial charge is 0.306 e. The van der Waals surface area contributed by atoms with Crippen molar-refractivity contribution in [2.45, 2.75) is 213 Å². The van der Waals surface area contributed by atoms with E-state index in [1.807, 2.05) is 19.0 Å². The van der Waals surface area contributed by atoms with Crippen molar-refractivity contribution in [3.05, 3.63) is 24.3 Å². The van der Waals surface area contributed by atoms with Gasteiger partial charge < -0.3 is 19.1 Å². The van der Waals surface area contributed by atoms with Gasteiger partial charge in [-0.3, -0.25) is 14.4 Å². The van der Waals surface area contributed by atoms with Gasteiger partial charge in [-0.25, -0.2) is 0 Å². The maximum atomic E-state index is 12.5. The molecule has 0 aromatic carbocycles. The molecular weight excluding hydrogens is 650 g/mol. The van der Waals surface area contributed by atoms with Crippen molar-refractivity contribution >= 4 is 17.9 Å². The van der Waals surface area contributed by atoms with Gasteiger partial charge in [0.1, 0.15) is 13.2 Å². The molecular formula is C45H83NO6. The summed E-state index contributed by atoms with van der Waals surface area (Å²) in [6.45, 7) is 5.10. The molecule has 0 aliphatic heterocycles. The van der Waals surface area contributed by atoms with Crippen LogP contribution < -0.4 is 0 Å². The number of nitrogens with zero attached hydrogens (tertiary/aromatic N) is 1. The molecule has 7 nitrogen and oxygen atoms in total. The minimum atomic E-state index is -0.789. The molecule has 0 atom stereocenters. The predicted molar refractivity (Wildman–Crippen MR) is 218 cm³/mol. The van der Waals surface area contributed by atoms with Crippen molar-refractivity contribution in [1.29, 1.82) is 0 Å². The van der Waals surface area contributed by atoms with Crippen LogP contribution in [0.5, 0.6) is 0 Å². The lowest BCUT2D eigenvalue weighted by atomic mass is 10.1. The van der Waals surface area contributed by atoms with Gasteiger partial charge in [0.15, 0.2) is 6.10 Å². The molecule has 0 aliphatic rings. The number of unbranched alkanes of at least 4 members (excludes halogenated alkanes) is 22. The summed E-state index contributed by atoms with van der Waals surface area (Å²) in [6.07, 6.45) is 41.5. The summed E-state index contributed by atoms with van der Waals surface area (Å²) in [7, 11) is 3.92. The van der Waals surface area contributed by atoms with Crippen LogP contribution in [0.2, 0.25) is 0 Å². The van der Waals surface area contributed by atoms with Crippen LogP contribution in [-0.4, -0.2) is 62.8 Å². The second-order valence-electron chi connectivity index (χ2n) is 15.1. The van der Waals surface area contributed by atoms with Crippen LogP contribution in [0, 0.1) is 0 Å². The van der Waals surface area contributed by atoms with Gasteiger partial charge in [-0.1, -0.05) is 141 Å². The standard InChI is InChI=1S/C45H83NO6/c1-5-7-9-11-13-15-17-19-21-23-25-27-29-31-33-36-43(47)50-40-42(52-45(49)38-35-39-46(3)4)41-51-44(48)37-34-32-30-28-26-24-22-20-18-16-14-12-10-8-6-2/h19-22,42H,5-18,23-41H2,1-4H3/b21-19-,22-20-. The van der Waals surface area contributed by atoms with E-state index in [9.17, 15) is 14.4 Å². The third-order valence-corrected chi connectivity index (χ3v) is 9.43. The fourth-order valence-electron chi connectivity index (χ4n) is 6.10. The summed E-state index contributed by atoms with van der Waals surface area (Å²) in [4.78, 5) is 39.3. The molecule has 0 fully saturated rings. The third kappa shape index (κ3) is 39.1. The zero-order chi connectivity index (χ0) is 38.2. The lowest BCUT2D eigenvalue weighted by molar-refractivity contribution is -0.167. The van der Waals surface area contributed by atoms with E-state index >= 15 is 0 Å². The van der Waals surface area contributed by atoms with E-state index in [4.69, 9.17) is 14.2 Å². The Labute approximate surface area is 321 Å². The number of esters is 3. The highest BCUT2D eigenvalue weighted by Crippen LogP contribution is 2.13. The summed E-state index contributed by atoms with van der Waals surface area (Å²) in [5.41, 5.74) is 0. The van der Waals surface area contributed by atoms with Gasteiger partial charge in [-0.15, -0.1) is 0 Å². The van der Waals surface area contributed by atoms with Crippen LogP contribution in [0.4, 0.5) is 0 Å². The molecule has 0 spiro atoms. The second kappa shape index (κ2) is 40.0. The highest BCUT2D eigenvalue weighted by Gasteiger charge is 2.19. The molecule has 52 heavy (non-hydrogen) atoms. The summed E-state index contributed by atoms with van der Waals surface area (Å²) in [5, 5.41) is 0. The molecule has 0 bridgehead atoms. The average molecular weight is 734 g/mol. The molecule has 0 aliphatic carbocycles. The Balaban J connectivity index is 4.15. The Morgan fingerprint density at radius 1 is 0.442 bits per heavy atom. The Bertz CT molecular complexity index is 814. The highest BCUT2D eigenvalue weighted by atomic mass is 16.6. The number of allylic oxidation sites excluding steroid dienone is 4. The van der Waals surface area contributed by atoms with Crippen molar-refractivity contribution in [3.63, 3.8) is 0 Å². The fourth-order valence-corrected chi connectivity index (χ4v) is 6.10. The van der Waals surface area contributed by atoms with Crippen molar-refractivity contribution in [3.8, 4) is 0 Å². The highest BCUT2D eigenvalue weighted by molar-refractivity contribution is 5.71. The molecule has 0 rings (SSSR count). The Hall–Kier alpha value is -2.15. The molecule has 0 saturated carbocycles. The number of hydrogen-bond acceptors (Lipinski definition) is 7. The van der Waals surface area contributed by atoms with E-state index < -0.39 is 6.10 Å². The van der Waals surface area contributed by atoms with Crippen LogP contribution in [0.15, 0.2) is 24.3 Å². The average Bonchev–Trinajstić information content (AvgIpc) is 3.12. The van der Waals surface area contributed by atoms with E-state index in [-0.39, 0.29) is 37.5 Å². The summed E-state index contributed by atoms with van der Waals surface area (Å²) < 4.78 is 16.5. The van der Waals surface area contributed by atoms with E-state index in [1.54, 1.807) is 0 Å². The monoisotopic (exact) mass is 734 g/mol. The minimum Gasteiger partial charge on any atom is -0.462 e. The quantitative estimate of drug-likeness (QED) is 0.0269. The summed E-state index contributed by atoms with van der Waals surface area (Å²) in [5.74, 6) is -0.967. The minimum absolute atomic E-state index is 0.0932. The maximum absolute atomic E-state index is 12.5. The van der Waals surface area contributed by atoms with Gasteiger partial charge in [-0.2, -0.15) is 0 Å². The molecule has 7 heteroatoms. The largest absolute Gasteiger partial charge is 0.462 e. The van der Waals surface area contributed by atoms with Gasteiger partial charge in [0.25, 0.3) is 0 Å². The number of rotatable bonds is 39. The maximum Gasteiger partial charge on any atom is 0.306 e. The lowest BCUT2D eigenvalue weighted by Gasteiger charge is -2.18. The molecule has 0 aromatic rings. The first kappa shape index (κ1) is 49.9. The van der Waals surface area contributed by atoms with Crippen molar-refractivity contribution in [2.24, 2.45) is 0 Å². The lowest BCUT2D eigenvalue weighted by Crippen LogP contribution is -2.31. The first-order valence-electron chi connectivity index (χ1n) is 21.8. The SMILES string of the molecule is CCCCCCCC/C=C\CCCCCCCC(=O)OCC(COC(=O)CCCCCCC/C=C\CCCCCCCC)OC(=O)CCCN(C)C. The van der Waals surface area contributed by atoms with Gasteiger partial charge in [0, 0.05) is 19.3 Å². The first-order valence-corrected chi connectivity index (χ1v) is 21.8. The van der Waals surface area contributed by atoms with Crippen LogP contribution in [0.3, 0.4) is 0 Å². The van der Waals surface area contributed by atoms with Crippen molar-refractivity contribution in [2.75, 3.05) is 33.9 Å². The Morgan fingerprint density at radius 3 is 1.13 bits per heavy atom. The van der Waals surface area contributed by atoms with E-state index in [2.05, 4.69) is 38.2 Å². The summed E-state index contributed by atoms with van der Waals surface area (Å²) >= 11 is 0. The number of carbonyl (C=O) groups is 3. The van der Waals surface area contributed by atoms with Gasteiger partial charge >= 0.3 is 17.9 Å². The number of carbonyl (C=O) groups excluding carboxylic acids is 3. The van der Waals surface area contributed by atoms with E-state index in [1.165, 1.54) is 116 Å². The first-order chi connectivity index (χ1) is 25.4. The zero-order valence-corrected chi connectivity index (χ0v) is 34.6. The molecule has 0 aromatic heterocycles. The Morgan fingerprint density at radius 2 is 0.769 bits per heavy atom. The zero-order valence-electron chi connectivity index (χ0n) is 34.6. The van der Waals surface area contributed by atoms with Crippen molar-refractivity contribution in [1.82, 2.24) is 4.90 Å². The molecule has 304 valence electrons. The predicted octanol–water partition coefficient (Wildman–Crippen LogP) is 12.4. The number of ether oxygens (including phenoxy) is 3. The van der Waals surface area contributed by atoms with Gasteiger partial charge in [0.2, 0.25) is 0 Å². The molecule has 0 heterocycles. The number of hydrogen-bond donors (Lipinski definition) is 0. The molecule has 0 saturated heterocycles. The molecule has 0 amide bonds. The van der Waals surface area contributed by atoms with Crippen molar-refractivity contribution < 1.29 is 28.6 Å². The van der Waals surface area contributed by atoms with E-state index in [0.717, 1.165) is 57.9 Å². The van der Waals surface area contributed by atoms with Crippen LogP contribution in [0.1, 0.15) is 206 Å².